The Hall–Kier alpha value is -3.11. The van der Waals surface area contributed by atoms with Crippen molar-refractivity contribution in [1.82, 2.24) is 0 Å². The smallest absolute Gasteiger partial charge is 0.336 e. The van der Waals surface area contributed by atoms with Crippen LogP contribution in [0.3, 0.4) is 0 Å². The van der Waals surface area contributed by atoms with Crippen LogP contribution in [0.5, 0.6) is 5.75 Å². The third-order valence-corrected chi connectivity index (χ3v) is 6.63. The second kappa shape index (κ2) is 7.96. The predicted molar refractivity (Wildman–Crippen MR) is 116 cm³/mol. The zero-order valence-electron chi connectivity index (χ0n) is 17.1. The summed E-state index contributed by atoms with van der Waals surface area (Å²) in [6.45, 7) is 5.69. The monoisotopic (exact) mass is 422 g/mol. The molecule has 0 spiro atoms. The van der Waals surface area contributed by atoms with Crippen molar-refractivity contribution >= 4 is 33.2 Å². The van der Waals surface area contributed by atoms with Crippen LogP contribution in [0, 0.1) is 24.2 Å². The highest BCUT2D eigenvalue weighted by atomic mass is 32.1. The molecule has 0 bridgehead atoms. The van der Waals surface area contributed by atoms with Crippen molar-refractivity contribution in [3.63, 3.8) is 0 Å². The van der Waals surface area contributed by atoms with Crippen molar-refractivity contribution < 1.29 is 13.9 Å². The Labute approximate surface area is 178 Å². The van der Waals surface area contributed by atoms with Crippen LogP contribution in [-0.2, 0) is 17.6 Å². The summed E-state index contributed by atoms with van der Waals surface area (Å²) in [5.41, 5.74) is 2.45. The van der Waals surface area contributed by atoms with E-state index in [1.807, 2.05) is 6.92 Å². The molecule has 0 saturated carbocycles. The molecule has 2 atom stereocenters. The number of hydrogen-bond donors (Lipinski definition) is 1. The van der Waals surface area contributed by atoms with Crippen molar-refractivity contribution in [2.45, 2.75) is 46.1 Å². The van der Waals surface area contributed by atoms with Gasteiger partial charge in [-0.1, -0.05) is 6.92 Å². The Bertz CT molecular complexity index is 1230. The van der Waals surface area contributed by atoms with Gasteiger partial charge in [0.25, 0.3) is 5.91 Å². The van der Waals surface area contributed by atoms with E-state index in [-0.39, 0.29) is 5.91 Å². The highest BCUT2D eigenvalue weighted by Gasteiger charge is 2.26. The van der Waals surface area contributed by atoms with Crippen LogP contribution in [0.1, 0.15) is 41.8 Å². The van der Waals surface area contributed by atoms with E-state index < -0.39 is 11.7 Å². The number of hydrogen-bond acceptors (Lipinski definition) is 6. The summed E-state index contributed by atoms with van der Waals surface area (Å²) in [6, 6.07) is 8.85. The molecule has 0 saturated heterocycles. The summed E-state index contributed by atoms with van der Waals surface area (Å²) in [7, 11) is 0. The summed E-state index contributed by atoms with van der Waals surface area (Å²) in [5, 5.41) is 13.9. The minimum absolute atomic E-state index is 0.330. The third-order valence-electron chi connectivity index (χ3n) is 5.47. The quantitative estimate of drug-likeness (QED) is 0.622. The van der Waals surface area contributed by atoms with E-state index in [4.69, 9.17) is 9.15 Å². The largest absolute Gasteiger partial charge is 0.481 e. The van der Waals surface area contributed by atoms with Gasteiger partial charge in [0.1, 0.15) is 22.4 Å². The topological polar surface area (TPSA) is 92.3 Å². The third kappa shape index (κ3) is 3.83. The number of amides is 1. The van der Waals surface area contributed by atoms with Gasteiger partial charge in [0.15, 0.2) is 6.10 Å². The molecule has 1 amide bonds. The molecule has 1 aromatic carbocycles. The summed E-state index contributed by atoms with van der Waals surface area (Å²) in [6.07, 6.45) is 2.09. The van der Waals surface area contributed by atoms with Crippen molar-refractivity contribution in [3.05, 3.63) is 56.3 Å². The molecule has 30 heavy (non-hydrogen) atoms. The lowest BCUT2D eigenvalue weighted by Crippen LogP contribution is -2.30. The van der Waals surface area contributed by atoms with Crippen LogP contribution in [0.25, 0.3) is 11.0 Å². The Kier molecular flexibility index (Phi) is 5.35. The summed E-state index contributed by atoms with van der Waals surface area (Å²) < 4.78 is 11.0. The van der Waals surface area contributed by atoms with Gasteiger partial charge in [-0.3, -0.25) is 4.79 Å². The maximum atomic E-state index is 12.7. The van der Waals surface area contributed by atoms with E-state index in [0.717, 1.165) is 35.8 Å². The second-order valence-electron chi connectivity index (χ2n) is 7.82. The molecule has 2 aromatic heterocycles. The molecule has 1 N–H and O–H groups in total. The molecule has 4 rings (SSSR count). The Balaban J connectivity index is 1.52. The SMILES string of the molecule is Cc1cc(=O)oc2cc(OC(C)C(=O)Nc3sc4c(c3C#N)CCC(C)C4)ccc12. The van der Waals surface area contributed by atoms with Crippen molar-refractivity contribution in [3.8, 4) is 11.8 Å². The van der Waals surface area contributed by atoms with Crippen molar-refractivity contribution in [2.75, 3.05) is 5.32 Å². The van der Waals surface area contributed by atoms with Gasteiger partial charge < -0.3 is 14.5 Å². The fourth-order valence-electron chi connectivity index (χ4n) is 3.81. The van der Waals surface area contributed by atoms with Crippen LogP contribution >= 0.6 is 11.3 Å². The van der Waals surface area contributed by atoms with E-state index in [9.17, 15) is 14.9 Å². The highest BCUT2D eigenvalue weighted by molar-refractivity contribution is 7.16. The number of aryl methyl sites for hydroxylation is 1. The number of ether oxygens (including phenoxy) is 1. The lowest BCUT2D eigenvalue weighted by molar-refractivity contribution is -0.122. The maximum absolute atomic E-state index is 12.7. The van der Waals surface area contributed by atoms with Crippen LogP contribution < -0.4 is 15.7 Å². The van der Waals surface area contributed by atoms with Gasteiger partial charge in [-0.25, -0.2) is 4.79 Å². The predicted octanol–water partition coefficient (Wildman–Crippen LogP) is 4.57. The normalized spacial score (nSPS) is 16.5. The Morgan fingerprint density at radius 2 is 2.20 bits per heavy atom. The van der Waals surface area contributed by atoms with Crippen LogP contribution in [0.15, 0.2) is 33.5 Å². The van der Waals surface area contributed by atoms with E-state index in [2.05, 4.69) is 18.3 Å². The van der Waals surface area contributed by atoms with Gasteiger partial charge in [0, 0.05) is 22.4 Å². The number of nitrogens with one attached hydrogen (secondary N) is 1. The van der Waals surface area contributed by atoms with Gasteiger partial charge in [-0.15, -0.1) is 11.3 Å². The van der Waals surface area contributed by atoms with Gasteiger partial charge >= 0.3 is 5.63 Å². The van der Waals surface area contributed by atoms with Crippen LogP contribution in [-0.4, -0.2) is 12.0 Å². The highest BCUT2D eigenvalue weighted by Crippen LogP contribution is 2.39. The van der Waals surface area contributed by atoms with Crippen molar-refractivity contribution in [2.24, 2.45) is 5.92 Å². The molecular formula is C23H22N2O4S. The number of rotatable bonds is 4. The van der Waals surface area contributed by atoms with Gasteiger partial charge in [0.05, 0.1) is 5.56 Å². The zero-order chi connectivity index (χ0) is 21.4. The molecule has 0 aliphatic heterocycles. The van der Waals surface area contributed by atoms with Crippen molar-refractivity contribution in [1.29, 1.82) is 5.26 Å². The first-order valence-electron chi connectivity index (χ1n) is 9.92. The fraction of sp³-hybridized carbons (Fsp3) is 0.348. The number of fused-ring (bicyclic) bond motifs is 2. The average molecular weight is 423 g/mol. The first-order valence-corrected chi connectivity index (χ1v) is 10.7. The number of anilines is 1. The van der Waals surface area contributed by atoms with E-state index >= 15 is 0 Å². The number of thiophene rings is 1. The molecule has 154 valence electrons. The molecule has 2 heterocycles. The average Bonchev–Trinajstić information content (AvgIpc) is 3.03. The van der Waals surface area contributed by atoms with E-state index in [1.54, 1.807) is 25.1 Å². The van der Waals surface area contributed by atoms with E-state index in [0.29, 0.717) is 27.8 Å². The number of nitrogens with zero attached hydrogens (tertiary/aromatic N) is 1. The maximum Gasteiger partial charge on any atom is 0.336 e. The lowest BCUT2D eigenvalue weighted by Gasteiger charge is -2.17. The number of benzene rings is 1. The summed E-state index contributed by atoms with van der Waals surface area (Å²) >= 11 is 1.49. The number of nitriles is 1. The number of carbonyl (C=O) groups excluding carboxylic acids is 1. The minimum Gasteiger partial charge on any atom is -0.481 e. The standard InChI is InChI=1S/C23H22N2O4S/c1-12-4-6-17-18(11-24)23(30-20(17)8-12)25-22(27)14(3)28-15-5-7-16-13(2)9-21(26)29-19(16)10-15/h5,7,9-10,12,14H,4,6,8H2,1-3H3,(H,25,27). The lowest BCUT2D eigenvalue weighted by atomic mass is 9.88. The van der Waals surface area contributed by atoms with Crippen LogP contribution in [0.2, 0.25) is 0 Å². The fourth-order valence-corrected chi connectivity index (χ4v) is 5.17. The zero-order valence-corrected chi connectivity index (χ0v) is 17.9. The number of carbonyl (C=O) groups is 1. The molecule has 1 aliphatic carbocycles. The Morgan fingerprint density at radius 3 is 2.97 bits per heavy atom. The first-order chi connectivity index (χ1) is 14.4. The molecule has 6 nitrogen and oxygen atoms in total. The molecule has 7 heteroatoms. The molecule has 1 aliphatic rings. The van der Waals surface area contributed by atoms with E-state index in [1.165, 1.54) is 22.3 Å². The summed E-state index contributed by atoms with van der Waals surface area (Å²) in [5.74, 6) is 0.688. The Morgan fingerprint density at radius 1 is 1.40 bits per heavy atom. The molecule has 2 unspecified atom stereocenters. The summed E-state index contributed by atoms with van der Waals surface area (Å²) in [4.78, 5) is 25.5. The first kappa shape index (κ1) is 20.2. The molecule has 0 radical (unpaired) electrons. The van der Waals surface area contributed by atoms with Gasteiger partial charge in [-0.2, -0.15) is 5.26 Å². The molecular weight excluding hydrogens is 400 g/mol. The van der Waals surface area contributed by atoms with Gasteiger partial charge in [0.2, 0.25) is 0 Å². The van der Waals surface area contributed by atoms with Crippen LogP contribution in [0.4, 0.5) is 5.00 Å². The molecule has 3 aromatic rings. The minimum atomic E-state index is -0.788. The van der Waals surface area contributed by atoms with Gasteiger partial charge in [-0.05, 0) is 62.3 Å². The second-order valence-corrected chi connectivity index (χ2v) is 8.93. The molecule has 0 fully saturated rings.